The number of hydrogen-bond acceptors (Lipinski definition) is 5. The molecule has 6 nitrogen and oxygen atoms in total. The van der Waals surface area contributed by atoms with Crippen LogP contribution in [0.15, 0.2) is 18.2 Å². The van der Waals surface area contributed by atoms with Crippen LogP contribution in [0.1, 0.15) is 40.2 Å². The second kappa shape index (κ2) is 6.32. The predicted octanol–water partition coefficient (Wildman–Crippen LogP) is 2.91. The highest BCUT2D eigenvalue weighted by molar-refractivity contribution is 5.87. The number of phenols is 1. The summed E-state index contributed by atoms with van der Waals surface area (Å²) in [5.41, 5.74) is 0.195. The third-order valence-electron chi connectivity index (χ3n) is 2.86. The number of rotatable bonds is 4. The molecule has 0 atom stereocenters. The zero-order valence-electron chi connectivity index (χ0n) is 13.2. The van der Waals surface area contributed by atoms with Crippen molar-refractivity contribution < 1.29 is 19.5 Å². The normalized spacial score (nSPS) is 12.1. The Balaban J connectivity index is 2.95. The Kier molecular flexibility index (Phi) is 5.20. The summed E-state index contributed by atoms with van der Waals surface area (Å²) in [5.74, 6) is 5.10. The molecule has 6 heteroatoms. The van der Waals surface area contributed by atoms with Gasteiger partial charge < -0.3 is 14.7 Å². The molecule has 0 aliphatic carbocycles. The van der Waals surface area contributed by atoms with Crippen LogP contribution in [0.5, 0.6) is 5.75 Å². The fourth-order valence-electron chi connectivity index (χ4n) is 1.76. The van der Waals surface area contributed by atoms with E-state index in [0.717, 1.165) is 5.56 Å². The summed E-state index contributed by atoms with van der Waals surface area (Å²) in [6.07, 6.45) is -0.622. The van der Waals surface area contributed by atoms with Crippen LogP contribution in [0.3, 0.4) is 0 Å². The number of nitrogens with two attached hydrogens (primary N) is 1. The third kappa shape index (κ3) is 5.24. The van der Waals surface area contributed by atoms with Gasteiger partial charge in [-0.3, -0.25) is 5.32 Å². The molecule has 1 aromatic rings. The zero-order chi connectivity index (χ0) is 16.3. The highest BCUT2D eigenvalue weighted by atomic mass is 16.6. The van der Waals surface area contributed by atoms with E-state index in [-0.39, 0.29) is 16.9 Å². The molecule has 1 amide bonds. The van der Waals surface area contributed by atoms with Crippen molar-refractivity contribution in [2.24, 2.45) is 5.90 Å². The highest BCUT2D eigenvalue weighted by Crippen LogP contribution is 2.31. The molecule has 0 aromatic heterocycles. The molecule has 0 radical (unpaired) electrons. The summed E-state index contributed by atoms with van der Waals surface area (Å²) in [6.45, 7) is 9.51. The molecular weight excluding hydrogens is 272 g/mol. The van der Waals surface area contributed by atoms with Crippen LogP contribution < -0.4 is 11.2 Å². The van der Waals surface area contributed by atoms with Crippen LogP contribution in [-0.4, -0.2) is 23.4 Å². The van der Waals surface area contributed by atoms with Crippen molar-refractivity contribution in [1.29, 1.82) is 0 Å². The average molecular weight is 296 g/mol. The number of benzene rings is 1. The van der Waals surface area contributed by atoms with Gasteiger partial charge in [0.25, 0.3) is 0 Å². The Morgan fingerprint density at radius 3 is 2.43 bits per heavy atom. The van der Waals surface area contributed by atoms with E-state index in [0.29, 0.717) is 6.61 Å². The number of carbonyl (C=O) groups is 1. The van der Waals surface area contributed by atoms with Crippen molar-refractivity contribution in [3.8, 4) is 5.75 Å². The fourth-order valence-corrected chi connectivity index (χ4v) is 1.76. The second-order valence-corrected chi connectivity index (χ2v) is 6.55. The maximum Gasteiger partial charge on any atom is 0.412 e. The van der Waals surface area contributed by atoms with Gasteiger partial charge in [-0.2, -0.15) is 0 Å². The number of ether oxygens (including phenoxy) is 1. The molecule has 1 aromatic carbocycles. The van der Waals surface area contributed by atoms with E-state index in [1.54, 1.807) is 32.9 Å². The van der Waals surface area contributed by atoms with Crippen LogP contribution in [-0.2, 0) is 15.0 Å². The molecule has 21 heavy (non-hydrogen) atoms. The first kappa shape index (κ1) is 17.3. The Morgan fingerprint density at radius 2 is 1.90 bits per heavy atom. The molecule has 0 aliphatic heterocycles. The van der Waals surface area contributed by atoms with E-state index in [2.05, 4.69) is 5.32 Å². The van der Waals surface area contributed by atoms with Gasteiger partial charge in [0.2, 0.25) is 0 Å². The van der Waals surface area contributed by atoms with E-state index in [9.17, 15) is 9.90 Å². The minimum Gasteiger partial charge on any atom is -0.506 e. The van der Waals surface area contributed by atoms with Crippen molar-refractivity contribution in [1.82, 2.24) is 0 Å². The molecule has 0 heterocycles. The van der Waals surface area contributed by atoms with Crippen molar-refractivity contribution in [3.05, 3.63) is 23.8 Å². The van der Waals surface area contributed by atoms with Crippen molar-refractivity contribution in [3.63, 3.8) is 0 Å². The molecule has 0 unspecified atom stereocenters. The fraction of sp³-hybridized carbons (Fsp3) is 0.533. The summed E-state index contributed by atoms with van der Waals surface area (Å²) in [6, 6.07) is 4.95. The topological polar surface area (TPSA) is 93.8 Å². The van der Waals surface area contributed by atoms with E-state index in [1.165, 1.54) is 6.07 Å². The first-order valence-corrected chi connectivity index (χ1v) is 6.70. The summed E-state index contributed by atoms with van der Waals surface area (Å²) < 4.78 is 5.16. The van der Waals surface area contributed by atoms with Crippen LogP contribution >= 0.6 is 0 Å². The molecule has 0 spiro atoms. The van der Waals surface area contributed by atoms with Crippen LogP contribution in [0.4, 0.5) is 10.5 Å². The van der Waals surface area contributed by atoms with E-state index < -0.39 is 11.7 Å². The number of anilines is 1. The number of amides is 1. The van der Waals surface area contributed by atoms with E-state index in [4.69, 9.17) is 15.5 Å². The first-order valence-electron chi connectivity index (χ1n) is 6.70. The monoisotopic (exact) mass is 296 g/mol. The van der Waals surface area contributed by atoms with Crippen molar-refractivity contribution in [2.45, 2.75) is 45.6 Å². The lowest BCUT2D eigenvalue weighted by molar-refractivity contribution is 0.0635. The van der Waals surface area contributed by atoms with Crippen molar-refractivity contribution >= 4 is 11.8 Å². The van der Waals surface area contributed by atoms with Gasteiger partial charge >= 0.3 is 6.09 Å². The summed E-state index contributed by atoms with van der Waals surface area (Å²) >= 11 is 0. The molecule has 0 bridgehead atoms. The maximum absolute atomic E-state index is 11.8. The van der Waals surface area contributed by atoms with Gasteiger partial charge in [-0.15, -0.1) is 0 Å². The zero-order valence-corrected chi connectivity index (χ0v) is 13.2. The molecular formula is C15H24N2O4. The summed E-state index contributed by atoms with van der Waals surface area (Å²) in [7, 11) is 0. The summed E-state index contributed by atoms with van der Waals surface area (Å²) in [4.78, 5) is 16.5. The number of aromatic hydroxyl groups is 1. The lowest BCUT2D eigenvalue weighted by Gasteiger charge is -2.25. The predicted molar refractivity (Wildman–Crippen MR) is 81.1 cm³/mol. The molecule has 0 saturated heterocycles. The van der Waals surface area contributed by atoms with Gasteiger partial charge in [0.05, 0.1) is 12.3 Å². The Morgan fingerprint density at radius 1 is 1.29 bits per heavy atom. The van der Waals surface area contributed by atoms with Gasteiger partial charge in [0, 0.05) is 5.41 Å². The smallest absolute Gasteiger partial charge is 0.412 e. The third-order valence-corrected chi connectivity index (χ3v) is 2.86. The minimum absolute atomic E-state index is 0.0333. The molecule has 118 valence electrons. The lowest BCUT2D eigenvalue weighted by Crippen LogP contribution is -2.28. The Labute approximate surface area is 125 Å². The van der Waals surface area contributed by atoms with E-state index in [1.807, 2.05) is 13.8 Å². The molecule has 4 N–H and O–H groups in total. The molecule has 1 rings (SSSR count). The molecule has 0 fully saturated rings. The van der Waals surface area contributed by atoms with Crippen LogP contribution in [0.2, 0.25) is 0 Å². The van der Waals surface area contributed by atoms with Gasteiger partial charge in [0.15, 0.2) is 0 Å². The SMILES string of the molecule is CC(C)(C)OC(=O)Nc1cc(C(C)(C)CON)ccc1O. The van der Waals surface area contributed by atoms with Gasteiger partial charge in [-0.25, -0.2) is 10.7 Å². The quantitative estimate of drug-likeness (QED) is 0.586. The largest absolute Gasteiger partial charge is 0.506 e. The van der Waals surface area contributed by atoms with Gasteiger partial charge in [-0.1, -0.05) is 19.9 Å². The minimum atomic E-state index is -0.622. The maximum atomic E-state index is 11.8. The van der Waals surface area contributed by atoms with Gasteiger partial charge in [-0.05, 0) is 38.5 Å². The standard InChI is InChI=1S/C15H24N2O4/c1-14(2,3)21-13(19)17-11-8-10(6-7-12(11)18)15(4,5)9-20-16/h6-8,18H,9,16H2,1-5H3,(H,17,19). The first-order chi connectivity index (χ1) is 9.55. The van der Waals surface area contributed by atoms with Crippen LogP contribution in [0.25, 0.3) is 0 Å². The average Bonchev–Trinajstić information content (AvgIpc) is 2.29. The van der Waals surface area contributed by atoms with Crippen molar-refractivity contribution in [2.75, 3.05) is 11.9 Å². The molecule has 0 saturated carbocycles. The number of nitrogens with one attached hydrogen (secondary N) is 1. The van der Waals surface area contributed by atoms with Gasteiger partial charge in [0.1, 0.15) is 11.4 Å². The number of phenolic OH excluding ortho intramolecular Hbond substituents is 1. The number of carbonyl (C=O) groups excluding carboxylic acids is 1. The summed E-state index contributed by atoms with van der Waals surface area (Å²) in [5, 5.41) is 12.4. The van der Waals surface area contributed by atoms with E-state index >= 15 is 0 Å². The lowest BCUT2D eigenvalue weighted by atomic mass is 9.85. The second-order valence-electron chi connectivity index (χ2n) is 6.55. The highest BCUT2D eigenvalue weighted by Gasteiger charge is 2.23. The number of hydrogen-bond donors (Lipinski definition) is 3. The molecule has 0 aliphatic rings. The van der Waals surface area contributed by atoms with Crippen LogP contribution in [0, 0.1) is 0 Å². The Bertz CT molecular complexity index is 507. The Hall–Kier alpha value is -1.79.